The van der Waals surface area contributed by atoms with Crippen molar-refractivity contribution in [2.45, 2.75) is 24.3 Å². The quantitative estimate of drug-likeness (QED) is 0.838. The van der Waals surface area contributed by atoms with Crippen molar-refractivity contribution in [1.29, 1.82) is 0 Å². The molecule has 23 heavy (non-hydrogen) atoms. The highest BCUT2D eigenvalue weighted by Gasteiger charge is 2.17. The van der Waals surface area contributed by atoms with Crippen LogP contribution < -0.4 is 4.72 Å². The average Bonchev–Trinajstić information content (AvgIpc) is 2.95. The van der Waals surface area contributed by atoms with Crippen molar-refractivity contribution in [3.63, 3.8) is 0 Å². The van der Waals surface area contributed by atoms with E-state index in [2.05, 4.69) is 25.8 Å². The Bertz CT molecular complexity index is 753. The van der Waals surface area contributed by atoms with Gasteiger partial charge >= 0.3 is 0 Å². The number of benzene rings is 1. The van der Waals surface area contributed by atoms with E-state index in [1.54, 1.807) is 35.1 Å². The molecule has 1 fully saturated rings. The molecule has 0 aliphatic carbocycles. The Morgan fingerprint density at radius 2 is 1.96 bits per heavy atom. The molecule has 1 aliphatic rings. The van der Waals surface area contributed by atoms with Crippen LogP contribution in [0.5, 0.6) is 0 Å². The van der Waals surface area contributed by atoms with Gasteiger partial charge in [0, 0.05) is 30.4 Å². The zero-order chi connectivity index (χ0) is 16.3. The van der Waals surface area contributed by atoms with Crippen molar-refractivity contribution in [2.24, 2.45) is 5.92 Å². The first kappa shape index (κ1) is 16.5. The zero-order valence-electron chi connectivity index (χ0n) is 12.5. The van der Waals surface area contributed by atoms with E-state index in [-0.39, 0.29) is 4.90 Å². The lowest BCUT2D eigenvalue weighted by atomic mass is 10.0. The molecule has 0 bridgehead atoms. The Kier molecular flexibility index (Phi) is 5.03. The predicted molar refractivity (Wildman–Crippen MR) is 90.7 cm³/mol. The predicted octanol–water partition coefficient (Wildman–Crippen LogP) is 2.87. The van der Waals surface area contributed by atoms with Gasteiger partial charge in [-0.2, -0.15) is 5.10 Å². The van der Waals surface area contributed by atoms with E-state index in [4.69, 9.17) is 4.74 Å². The molecule has 0 radical (unpaired) electrons. The molecule has 8 heteroatoms. The monoisotopic (exact) mass is 399 g/mol. The van der Waals surface area contributed by atoms with Crippen LogP contribution in [0.1, 0.15) is 12.8 Å². The largest absolute Gasteiger partial charge is 0.381 e. The molecule has 0 unspecified atom stereocenters. The van der Waals surface area contributed by atoms with Gasteiger partial charge < -0.3 is 4.74 Å². The fraction of sp³-hybridized carbons (Fsp3) is 0.400. The molecule has 2 aromatic rings. The normalized spacial score (nSPS) is 16.4. The number of halogens is 1. The number of anilines is 1. The van der Waals surface area contributed by atoms with Crippen LogP contribution in [0.25, 0.3) is 0 Å². The molecular weight excluding hydrogens is 382 g/mol. The molecule has 1 aliphatic heterocycles. The summed E-state index contributed by atoms with van der Waals surface area (Å²) in [6.45, 7) is 2.35. The number of aromatic nitrogens is 2. The minimum atomic E-state index is -3.59. The second kappa shape index (κ2) is 7.02. The van der Waals surface area contributed by atoms with Crippen molar-refractivity contribution in [1.82, 2.24) is 9.78 Å². The van der Waals surface area contributed by atoms with E-state index >= 15 is 0 Å². The van der Waals surface area contributed by atoms with Gasteiger partial charge in [0.1, 0.15) is 0 Å². The van der Waals surface area contributed by atoms with Crippen molar-refractivity contribution >= 4 is 31.6 Å². The van der Waals surface area contributed by atoms with Crippen molar-refractivity contribution in [3.05, 3.63) is 41.1 Å². The number of nitrogens with zero attached hydrogens (tertiary/aromatic N) is 2. The standard InChI is InChI=1S/C15H18BrN3O3S/c16-13-1-3-15(4-2-13)23(20,21)18-14-9-17-19(11-14)10-12-5-7-22-8-6-12/h1-4,9,11-12,18H,5-8,10H2. The van der Waals surface area contributed by atoms with Gasteiger partial charge in [0.25, 0.3) is 10.0 Å². The minimum absolute atomic E-state index is 0.220. The molecule has 1 N–H and O–H groups in total. The van der Waals surface area contributed by atoms with Crippen molar-refractivity contribution < 1.29 is 13.2 Å². The second-order valence-electron chi connectivity index (χ2n) is 5.57. The van der Waals surface area contributed by atoms with Crippen LogP contribution in [0, 0.1) is 5.92 Å². The molecule has 2 heterocycles. The fourth-order valence-electron chi connectivity index (χ4n) is 2.54. The van der Waals surface area contributed by atoms with Gasteiger partial charge in [-0.1, -0.05) is 15.9 Å². The van der Waals surface area contributed by atoms with Crippen LogP contribution in [-0.4, -0.2) is 31.4 Å². The van der Waals surface area contributed by atoms with Gasteiger partial charge in [0.2, 0.25) is 0 Å². The van der Waals surface area contributed by atoms with Gasteiger partial charge in [-0.25, -0.2) is 8.42 Å². The van der Waals surface area contributed by atoms with Crippen LogP contribution in [0.15, 0.2) is 46.0 Å². The highest BCUT2D eigenvalue weighted by atomic mass is 79.9. The first-order chi connectivity index (χ1) is 11.0. The third-order valence-corrected chi connectivity index (χ3v) is 5.72. The number of sulfonamides is 1. The van der Waals surface area contributed by atoms with E-state index < -0.39 is 10.0 Å². The number of ether oxygens (including phenoxy) is 1. The summed E-state index contributed by atoms with van der Waals surface area (Å²) in [4.78, 5) is 0.220. The molecule has 0 spiro atoms. The lowest BCUT2D eigenvalue weighted by Gasteiger charge is -2.21. The zero-order valence-corrected chi connectivity index (χ0v) is 14.9. The summed E-state index contributed by atoms with van der Waals surface area (Å²) < 4.78 is 35.2. The highest BCUT2D eigenvalue weighted by Crippen LogP contribution is 2.20. The van der Waals surface area contributed by atoms with Crippen molar-refractivity contribution in [3.8, 4) is 0 Å². The highest BCUT2D eigenvalue weighted by molar-refractivity contribution is 9.10. The molecule has 3 rings (SSSR count). The van der Waals surface area contributed by atoms with E-state index in [9.17, 15) is 8.42 Å². The Balaban J connectivity index is 1.67. The van der Waals surface area contributed by atoms with Crippen molar-refractivity contribution in [2.75, 3.05) is 17.9 Å². The third kappa shape index (κ3) is 4.33. The molecule has 0 atom stereocenters. The molecule has 1 saturated heterocycles. The fourth-order valence-corrected chi connectivity index (χ4v) is 3.83. The van der Waals surface area contributed by atoms with E-state index in [1.165, 1.54) is 6.20 Å². The summed E-state index contributed by atoms with van der Waals surface area (Å²) in [5.41, 5.74) is 0.472. The second-order valence-corrected chi connectivity index (χ2v) is 8.16. The number of nitrogens with one attached hydrogen (secondary N) is 1. The summed E-state index contributed by atoms with van der Waals surface area (Å²) in [7, 11) is -3.59. The Hall–Kier alpha value is -1.38. The topological polar surface area (TPSA) is 73.2 Å². The SMILES string of the molecule is O=S(=O)(Nc1cnn(CC2CCOCC2)c1)c1ccc(Br)cc1. The minimum Gasteiger partial charge on any atom is -0.381 e. The maximum absolute atomic E-state index is 12.3. The van der Waals surface area contributed by atoms with Crippen LogP contribution in [-0.2, 0) is 21.3 Å². The summed E-state index contributed by atoms with van der Waals surface area (Å²) >= 11 is 3.29. The summed E-state index contributed by atoms with van der Waals surface area (Å²) in [6.07, 6.45) is 5.29. The molecule has 1 aromatic heterocycles. The maximum Gasteiger partial charge on any atom is 0.261 e. The van der Waals surface area contributed by atoms with Crippen LogP contribution >= 0.6 is 15.9 Å². The van der Waals surface area contributed by atoms with Crippen LogP contribution in [0.3, 0.4) is 0 Å². The lowest BCUT2D eigenvalue weighted by molar-refractivity contribution is 0.0601. The third-order valence-electron chi connectivity index (χ3n) is 3.80. The lowest BCUT2D eigenvalue weighted by Crippen LogP contribution is -2.20. The molecule has 1 aromatic carbocycles. The first-order valence-electron chi connectivity index (χ1n) is 7.41. The average molecular weight is 400 g/mol. The van der Waals surface area contributed by atoms with Gasteiger partial charge in [-0.15, -0.1) is 0 Å². The summed E-state index contributed by atoms with van der Waals surface area (Å²) in [5.74, 6) is 0.527. The van der Waals surface area contributed by atoms with Gasteiger partial charge in [-0.05, 0) is 43.0 Å². The van der Waals surface area contributed by atoms with E-state index in [0.717, 1.165) is 37.1 Å². The smallest absolute Gasteiger partial charge is 0.261 e. The first-order valence-corrected chi connectivity index (χ1v) is 9.69. The van der Waals surface area contributed by atoms with Crippen LogP contribution in [0.4, 0.5) is 5.69 Å². The van der Waals surface area contributed by atoms with Gasteiger partial charge in [0.15, 0.2) is 0 Å². The summed E-state index contributed by atoms with van der Waals surface area (Å²) in [5, 5.41) is 4.24. The number of hydrogen-bond donors (Lipinski definition) is 1. The summed E-state index contributed by atoms with van der Waals surface area (Å²) in [6, 6.07) is 6.50. The Morgan fingerprint density at radius 1 is 1.26 bits per heavy atom. The molecule has 0 amide bonds. The van der Waals surface area contributed by atoms with Gasteiger partial charge in [0.05, 0.1) is 16.8 Å². The van der Waals surface area contributed by atoms with E-state index in [0.29, 0.717) is 11.6 Å². The van der Waals surface area contributed by atoms with Gasteiger partial charge in [-0.3, -0.25) is 9.40 Å². The molecule has 0 saturated carbocycles. The molecular formula is C15H18BrN3O3S. The molecule has 6 nitrogen and oxygen atoms in total. The maximum atomic E-state index is 12.3. The Morgan fingerprint density at radius 3 is 2.65 bits per heavy atom. The van der Waals surface area contributed by atoms with E-state index in [1.807, 2.05) is 0 Å². The molecule has 124 valence electrons. The van der Waals surface area contributed by atoms with Crippen LogP contribution in [0.2, 0.25) is 0 Å². The number of hydrogen-bond acceptors (Lipinski definition) is 4. The number of rotatable bonds is 5. The Labute approximate surface area is 144 Å².